The molecule has 2 N–H and O–H groups in total. The Bertz CT molecular complexity index is 362. The van der Waals surface area contributed by atoms with Gasteiger partial charge in [0.05, 0.1) is 13.2 Å². The number of hydrogen-bond acceptors (Lipinski definition) is 3. The maximum atomic E-state index is 10.7. The molecule has 1 aromatic carbocycles. The number of unbranched alkanes of at least 4 members (excludes halogenated alkanes) is 1. The molecule has 0 heterocycles. The second-order valence-electron chi connectivity index (χ2n) is 4.27. The second kappa shape index (κ2) is 7.71. The van der Waals surface area contributed by atoms with Crippen LogP contribution in [0.1, 0.15) is 37.9 Å². The van der Waals surface area contributed by atoms with Gasteiger partial charge in [-0.15, -0.1) is 0 Å². The lowest BCUT2D eigenvalue weighted by Gasteiger charge is -2.11. The first-order chi connectivity index (χ1) is 8.63. The Hall–Kier alpha value is -1.55. The minimum absolute atomic E-state index is 0.00861. The lowest BCUT2D eigenvalue weighted by molar-refractivity contribution is -0.118. The molecule has 0 fully saturated rings. The molecule has 4 nitrogen and oxygen atoms in total. The molecule has 1 unspecified atom stereocenters. The number of methoxy groups -OCH3 is 1. The molecule has 1 amide bonds. The number of nitrogens with one attached hydrogen (secondary N) is 1. The second-order valence-corrected chi connectivity index (χ2v) is 4.27. The lowest BCUT2D eigenvalue weighted by Crippen LogP contribution is -2.20. The third-order valence-electron chi connectivity index (χ3n) is 2.78. The molecule has 100 valence electrons. The third-order valence-corrected chi connectivity index (χ3v) is 2.78. The maximum absolute atomic E-state index is 10.7. The summed E-state index contributed by atoms with van der Waals surface area (Å²) in [6.07, 6.45) is 2.01. The molecule has 0 saturated heterocycles. The van der Waals surface area contributed by atoms with Crippen molar-refractivity contribution in [1.82, 2.24) is 5.32 Å². The van der Waals surface area contributed by atoms with Crippen molar-refractivity contribution in [3.05, 3.63) is 29.8 Å². The first kappa shape index (κ1) is 14.5. The Morgan fingerprint density at radius 2 is 2.00 bits per heavy atom. The molecule has 0 bridgehead atoms. The van der Waals surface area contributed by atoms with Crippen LogP contribution in [0.4, 0.5) is 0 Å². The molecule has 1 aromatic rings. The summed E-state index contributed by atoms with van der Waals surface area (Å²) >= 11 is 0. The molecule has 0 saturated carbocycles. The van der Waals surface area contributed by atoms with Crippen LogP contribution in [-0.4, -0.2) is 24.7 Å². The summed E-state index contributed by atoms with van der Waals surface area (Å²) in [6, 6.07) is 7.43. The molecule has 0 aliphatic heterocycles. The summed E-state index contributed by atoms with van der Waals surface area (Å²) in [7, 11) is 1.62. The topological polar surface area (TPSA) is 58.6 Å². The fourth-order valence-electron chi connectivity index (χ4n) is 1.72. The quantitative estimate of drug-likeness (QED) is 0.729. The van der Waals surface area contributed by atoms with Crippen LogP contribution >= 0.6 is 0 Å². The smallest absolute Gasteiger partial charge is 0.216 e. The minimum Gasteiger partial charge on any atom is -0.497 e. The van der Waals surface area contributed by atoms with Gasteiger partial charge in [0.1, 0.15) is 5.75 Å². The number of rotatable bonds is 7. The Kier molecular flexibility index (Phi) is 6.22. The Morgan fingerprint density at radius 1 is 1.33 bits per heavy atom. The van der Waals surface area contributed by atoms with E-state index in [-0.39, 0.29) is 5.91 Å². The zero-order valence-electron chi connectivity index (χ0n) is 11.0. The highest BCUT2D eigenvalue weighted by atomic mass is 16.5. The molecular formula is C14H21NO3. The molecule has 0 spiro atoms. The van der Waals surface area contributed by atoms with Gasteiger partial charge in [-0.3, -0.25) is 4.79 Å². The van der Waals surface area contributed by atoms with Gasteiger partial charge in [-0.05, 0) is 37.0 Å². The Labute approximate surface area is 108 Å². The van der Waals surface area contributed by atoms with Crippen molar-refractivity contribution in [1.29, 1.82) is 0 Å². The van der Waals surface area contributed by atoms with E-state index in [1.165, 1.54) is 6.92 Å². The van der Waals surface area contributed by atoms with E-state index >= 15 is 0 Å². The van der Waals surface area contributed by atoms with E-state index in [9.17, 15) is 9.90 Å². The van der Waals surface area contributed by atoms with Crippen LogP contribution in [0.3, 0.4) is 0 Å². The van der Waals surface area contributed by atoms with Crippen LogP contribution in [-0.2, 0) is 4.79 Å². The molecule has 4 heteroatoms. The molecule has 1 rings (SSSR count). The van der Waals surface area contributed by atoms with Crippen LogP contribution in [0.5, 0.6) is 5.75 Å². The molecule has 0 aromatic heterocycles. The average molecular weight is 251 g/mol. The van der Waals surface area contributed by atoms with Gasteiger partial charge in [0, 0.05) is 13.5 Å². The van der Waals surface area contributed by atoms with Crippen LogP contribution in [0, 0.1) is 0 Å². The van der Waals surface area contributed by atoms with Crippen LogP contribution in [0.2, 0.25) is 0 Å². The van der Waals surface area contributed by atoms with E-state index in [1.54, 1.807) is 7.11 Å². The van der Waals surface area contributed by atoms with E-state index in [2.05, 4.69) is 5.32 Å². The SMILES string of the molecule is COc1ccc(C(O)CCCCNC(C)=O)cc1. The molecular weight excluding hydrogens is 230 g/mol. The van der Waals surface area contributed by atoms with Crippen molar-refractivity contribution in [2.75, 3.05) is 13.7 Å². The number of benzene rings is 1. The summed E-state index contributed by atoms with van der Waals surface area (Å²) in [6.45, 7) is 2.18. The number of aliphatic hydroxyl groups excluding tert-OH is 1. The highest BCUT2D eigenvalue weighted by Crippen LogP contribution is 2.21. The van der Waals surface area contributed by atoms with E-state index in [4.69, 9.17) is 4.74 Å². The van der Waals surface area contributed by atoms with Crippen molar-refractivity contribution in [2.45, 2.75) is 32.3 Å². The predicted octanol–water partition coefficient (Wildman–Crippen LogP) is 2.04. The van der Waals surface area contributed by atoms with E-state index < -0.39 is 6.10 Å². The lowest BCUT2D eigenvalue weighted by atomic mass is 10.0. The van der Waals surface area contributed by atoms with Crippen molar-refractivity contribution >= 4 is 5.91 Å². The van der Waals surface area contributed by atoms with Gasteiger partial charge in [0.15, 0.2) is 0 Å². The average Bonchev–Trinajstić information content (AvgIpc) is 2.38. The Balaban J connectivity index is 2.27. The van der Waals surface area contributed by atoms with E-state index in [0.717, 1.165) is 24.2 Å². The number of carbonyl (C=O) groups excluding carboxylic acids is 1. The van der Waals surface area contributed by atoms with Gasteiger partial charge in [-0.1, -0.05) is 12.1 Å². The summed E-state index contributed by atoms with van der Waals surface area (Å²) in [4.78, 5) is 10.7. The monoisotopic (exact) mass is 251 g/mol. The highest BCUT2D eigenvalue weighted by molar-refractivity contribution is 5.72. The fourth-order valence-corrected chi connectivity index (χ4v) is 1.72. The van der Waals surface area contributed by atoms with Gasteiger partial charge < -0.3 is 15.2 Å². The van der Waals surface area contributed by atoms with Gasteiger partial charge in [0.2, 0.25) is 5.91 Å². The molecule has 0 radical (unpaired) electrons. The van der Waals surface area contributed by atoms with Crippen LogP contribution in [0.15, 0.2) is 24.3 Å². The van der Waals surface area contributed by atoms with E-state index in [1.807, 2.05) is 24.3 Å². The number of amides is 1. The van der Waals surface area contributed by atoms with Crippen molar-refractivity contribution < 1.29 is 14.6 Å². The largest absolute Gasteiger partial charge is 0.497 e. The number of hydrogen-bond donors (Lipinski definition) is 2. The summed E-state index contributed by atoms with van der Waals surface area (Å²) in [5, 5.41) is 12.7. The standard InChI is InChI=1S/C14H21NO3/c1-11(16)15-10-4-3-5-14(17)12-6-8-13(18-2)9-7-12/h6-9,14,17H,3-5,10H2,1-2H3,(H,15,16). The first-order valence-corrected chi connectivity index (χ1v) is 6.20. The number of ether oxygens (including phenoxy) is 1. The van der Waals surface area contributed by atoms with Gasteiger partial charge in [0.25, 0.3) is 0 Å². The normalized spacial score (nSPS) is 11.9. The van der Waals surface area contributed by atoms with Gasteiger partial charge in [-0.2, -0.15) is 0 Å². The van der Waals surface area contributed by atoms with Crippen molar-refractivity contribution in [3.8, 4) is 5.75 Å². The van der Waals surface area contributed by atoms with Crippen molar-refractivity contribution in [3.63, 3.8) is 0 Å². The van der Waals surface area contributed by atoms with Gasteiger partial charge >= 0.3 is 0 Å². The van der Waals surface area contributed by atoms with Gasteiger partial charge in [-0.25, -0.2) is 0 Å². The van der Waals surface area contributed by atoms with E-state index in [0.29, 0.717) is 13.0 Å². The zero-order chi connectivity index (χ0) is 13.4. The molecule has 1 atom stereocenters. The summed E-state index contributed by atoms with van der Waals surface area (Å²) < 4.78 is 5.06. The molecule has 0 aliphatic carbocycles. The molecule has 0 aliphatic rings. The predicted molar refractivity (Wildman–Crippen MR) is 70.5 cm³/mol. The fraction of sp³-hybridized carbons (Fsp3) is 0.500. The maximum Gasteiger partial charge on any atom is 0.216 e. The summed E-state index contributed by atoms with van der Waals surface area (Å²) in [5.41, 5.74) is 0.898. The number of carbonyl (C=O) groups is 1. The minimum atomic E-state index is -0.451. The van der Waals surface area contributed by atoms with Crippen LogP contribution < -0.4 is 10.1 Å². The molecule has 18 heavy (non-hydrogen) atoms. The summed E-state index contributed by atoms with van der Waals surface area (Å²) in [5.74, 6) is 0.780. The first-order valence-electron chi connectivity index (χ1n) is 6.20. The van der Waals surface area contributed by atoms with Crippen molar-refractivity contribution in [2.24, 2.45) is 0 Å². The Morgan fingerprint density at radius 3 is 2.56 bits per heavy atom. The highest BCUT2D eigenvalue weighted by Gasteiger charge is 2.07. The number of aliphatic hydroxyl groups is 1. The third kappa shape index (κ3) is 5.19. The zero-order valence-corrected chi connectivity index (χ0v) is 11.0. The van der Waals surface area contributed by atoms with Crippen LogP contribution in [0.25, 0.3) is 0 Å².